The zero-order valence-corrected chi connectivity index (χ0v) is 24.8. The Hall–Kier alpha value is -3.86. The summed E-state index contributed by atoms with van der Waals surface area (Å²) in [5.74, 6) is 1.23. The molecule has 0 bridgehead atoms. The molecule has 0 aliphatic carbocycles. The number of hydrogen-bond donors (Lipinski definition) is 1. The summed E-state index contributed by atoms with van der Waals surface area (Å²) in [4.78, 5) is 20.0. The third-order valence-corrected chi connectivity index (χ3v) is 7.32. The number of allylic oxidation sites excluding steroid dienone is 7. The van der Waals surface area contributed by atoms with Gasteiger partial charge < -0.3 is 14.8 Å². The van der Waals surface area contributed by atoms with Gasteiger partial charge in [0.2, 0.25) is 0 Å². The third-order valence-electron chi connectivity index (χ3n) is 7.32. The molecule has 0 radical (unpaired) electrons. The summed E-state index contributed by atoms with van der Waals surface area (Å²) >= 11 is 0. The topological polar surface area (TPSA) is 49.6 Å². The molecular weight excluding hydrogens is 492 g/mol. The number of carbonyl (C=O) groups is 1. The first kappa shape index (κ1) is 30.7. The van der Waals surface area contributed by atoms with Crippen LogP contribution in [0.1, 0.15) is 75.2 Å². The normalized spacial score (nSPS) is 15.5. The Kier molecular flexibility index (Phi) is 12.0. The van der Waals surface area contributed by atoms with Gasteiger partial charge in [0, 0.05) is 43.1 Å². The second kappa shape index (κ2) is 15.7. The van der Waals surface area contributed by atoms with E-state index >= 15 is 0 Å². The van der Waals surface area contributed by atoms with Gasteiger partial charge in [-0.3, -0.25) is 4.79 Å². The van der Waals surface area contributed by atoms with Gasteiger partial charge in [0.05, 0.1) is 0 Å². The summed E-state index contributed by atoms with van der Waals surface area (Å²) in [5.41, 5.74) is 6.14. The number of rotatable bonds is 12. The van der Waals surface area contributed by atoms with Crippen LogP contribution in [-0.4, -0.2) is 28.5 Å². The van der Waals surface area contributed by atoms with Crippen LogP contribution in [0.15, 0.2) is 103 Å². The minimum absolute atomic E-state index is 0.0917. The van der Waals surface area contributed by atoms with Crippen LogP contribution in [0, 0.1) is 5.92 Å². The average molecular weight is 539 g/mol. The number of amides is 1. The van der Waals surface area contributed by atoms with Crippen LogP contribution in [0.2, 0.25) is 0 Å². The van der Waals surface area contributed by atoms with Crippen LogP contribution in [0.3, 0.4) is 0 Å². The van der Waals surface area contributed by atoms with Gasteiger partial charge in [-0.1, -0.05) is 63.8 Å². The van der Waals surface area contributed by atoms with Crippen LogP contribution < -0.4 is 10.8 Å². The van der Waals surface area contributed by atoms with Gasteiger partial charge in [-0.25, -0.2) is 4.99 Å². The lowest BCUT2D eigenvalue weighted by Crippen LogP contribution is -2.38. The number of nitrogens with one attached hydrogen (secondary N) is 1. The van der Waals surface area contributed by atoms with E-state index in [-0.39, 0.29) is 5.91 Å². The van der Waals surface area contributed by atoms with Gasteiger partial charge in [0.1, 0.15) is 11.3 Å². The largest absolute Gasteiger partial charge is 0.341 e. The van der Waals surface area contributed by atoms with Gasteiger partial charge >= 0.3 is 0 Å². The molecule has 40 heavy (non-hydrogen) atoms. The van der Waals surface area contributed by atoms with E-state index < -0.39 is 0 Å². The summed E-state index contributed by atoms with van der Waals surface area (Å²) < 4.78 is 2.03. The number of aromatic nitrogens is 1. The highest BCUT2D eigenvalue weighted by molar-refractivity contribution is 5.94. The van der Waals surface area contributed by atoms with E-state index in [4.69, 9.17) is 4.99 Å². The minimum Gasteiger partial charge on any atom is -0.341 e. The second-order valence-corrected chi connectivity index (χ2v) is 10.4. The number of anilines is 1. The van der Waals surface area contributed by atoms with Crippen molar-refractivity contribution >= 4 is 17.2 Å². The average Bonchev–Trinajstić information content (AvgIpc) is 2.96. The predicted octanol–water partition coefficient (Wildman–Crippen LogP) is 8.03. The van der Waals surface area contributed by atoms with Crippen molar-refractivity contribution in [3.8, 4) is 0 Å². The van der Waals surface area contributed by atoms with E-state index in [0.29, 0.717) is 17.3 Å². The number of likely N-dealkylation sites (tertiary alicyclic amines) is 1. The summed E-state index contributed by atoms with van der Waals surface area (Å²) in [6, 6.07) is 11.8. The second-order valence-electron chi connectivity index (χ2n) is 10.4. The molecule has 2 aromatic rings. The highest BCUT2D eigenvalue weighted by Crippen LogP contribution is 2.26. The van der Waals surface area contributed by atoms with Gasteiger partial charge in [0.15, 0.2) is 0 Å². The van der Waals surface area contributed by atoms with Gasteiger partial charge in [-0.05, 0) is 92.5 Å². The highest BCUT2D eigenvalue weighted by Gasteiger charge is 2.24. The maximum Gasteiger partial charge on any atom is 0.253 e. The molecule has 1 aliphatic rings. The van der Waals surface area contributed by atoms with Crippen LogP contribution >= 0.6 is 0 Å². The van der Waals surface area contributed by atoms with E-state index in [2.05, 4.69) is 62.7 Å². The van der Waals surface area contributed by atoms with E-state index in [1.807, 2.05) is 66.1 Å². The zero-order valence-electron chi connectivity index (χ0n) is 24.8. The molecule has 0 atom stereocenters. The summed E-state index contributed by atoms with van der Waals surface area (Å²) in [7, 11) is 2.01. The number of pyridine rings is 1. The molecule has 0 unspecified atom stereocenters. The zero-order chi connectivity index (χ0) is 28.9. The fourth-order valence-electron chi connectivity index (χ4n) is 5.17. The molecule has 1 aromatic carbocycles. The lowest BCUT2D eigenvalue weighted by atomic mass is 9.89. The Morgan fingerprint density at radius 1 is 1.15 bits per heavy atom. The van der Waals surface area contributed by atoms with Crippen LogP contribution in [-0.2, 0) is 7.05 Å². The van der Waals surface area contributed by atoms with Crippen LogP contribution in [0.4, 0.5) is 5.69 Å². The molecule has 5 heteroatoms. The molecule has 0 saturated carbocycles. The van der Waals surface area contributed by atoms with E-state index in [1.165, 1.54) is 11.1 Å². The third kappa shape index (κ3) is 8.57. The quantitative estimate of drug-likeness (QED) is 0.278. The Morgan fingerprint density at radius 3 is 2.50 bits per heavy atom. The van der Waals surface area contributed by atoms with Crippen molar-refractivity contribution in [1.29, 1.82) is 0 Å². The van der Waals surface area contributed by atoms with E-state index in [0.717, 1.165) is 68.4 Å². The fraction of sp³-hybridized carbons (Fsp3) is 0.371. The molecule has 1 N–H and O–H groups in total. The molecule has 1 fully saturated rings. The molecule has 212 valence electrons. The molecule has 2 heterocycles. The molecule has 0 spiro atoms. The SMILES string of the molecule is C=C/C(=C\C=C/C)CC1CCN(C(=O)c2ccc(NC(=C)N=c3c(/C(=C/CC)CCC)cccn3C)cc2)CC1. The van der Waals surface area contributed by atoms with E-state index in [9.17, 15) is 4.79 Å². The number of piperidine rings is 1. The number of aryl methyl sites for hydroxylation is 1. The number of carbonyl (C=O) groups excluding carboxylic acids is 1. The van der Waals surface area contributed by atoms with Gasteiger partial charge in [-0.2, -0.15) is 0 Å². The molecule has 1 saturated heterocycles. The van der Waals surface area contributed by atoms with Gasteiger partial charge in [-0.15, -0.1) is 0 Å². The first-order valence-corrected chi connectivity index (χ1v) is 14.6. The number of nitrogens with zero attached hydrogens (tertiary/aromatic N) is 3. The van der Waals surface area contributed by atoms with Crippen LogP contribution in [0.25, 0.3) is 5.57 Å². The molecule has 5 nitrogen and oxygen atoms in total. The number of hydrogen-bond acceptors (Lipinski definition) is 3. The Balaban J connectivity index is 1.64. The fourth-order valence-corrected chi connectivity index (χ4v) is 5.17. The van der Waals surface area contributed by atoms with Crippen molar-refractivity contribution in [3.05, 3.63) is 114 Å². The summed E-state index contributed by atoms with van der Waals surface area (Å²) in [5, 5.41) is 3.30. The lowest BCUT2D eigenvalue weighted by molar-refractivity contribution is 0.0691. The monoisotopic (exact) mass is 538 g/mol. The minimum atomic E-state index is 0.0917. The smallest absolute Gasteiger partial charge is 0.253 e. The summed E-state index contributed by atoms with van der Waals surface area (Å²) in [6.45, 7) is 16.1. The molecule has 1 amide bonds. The Bertz CT molecular complexity index is 1320. The molecule has 1 aliphatic heterocycles. The van der Waals surface area contributed by atoms with Gasteiger partial charge in [0.25, 0.3) is 5.91 Å². The van der Waals surface area contributed by atoms with E-state index in [1.54, 1.807) is 0 Å². The number of benzene rings is 1. The van der Waals surface area contributed by atoms with Crippen molar-refractivity contribution < 1.29 is 4.79 Å². The highest BCUT2D eigenvalue weighted by atomic mass is 16.2. The Labute approximate surface area is 241 Å². The van der Waals surface area contributed by atoms with Crippen LogP contribution in [0.5, 0.6) is 0 Å². The van der Waals surface area contributed by atoms with Crippen molar-refractivity contribution in [2.75, 3.05) is 18.4 Å². The first-order chi connectivity index (χ1) is 19.4. The van der Waals surface area contributed by atoms with Crippen molar-refractivity contribution in [3.63, 3.8) is 0 Å². The summed E-state index contributed by atoms with van der Waals surface area (Å²) in [6.07, 6.45) is 18.6. The standard InChI is InChI=1S/C35H46N4O/c1-7-11-15-28(10-4)26-29-21-24-39(25-22-29)35(40)31-17-19-32(20-18-31)36-27(5)37-34-33(16-12-23-38(34)6)30(13-8-2)14-9-3/h7,10-13,15-20,23,29,36H,4-5,8-9,14,21-22,24-26H2,1-3,6H3/b11-7-,28-15+,30-13+,37-34?. The molecule has 1 aromatic heterocycles. The molecule has 3 rings (SSSR count). The first-order valence-electron chi connectivity index (χ1n) is 14.6. The maximum atomic E-state index is 13.2. The Morgan fingerprint density at radius 2 is 1.88 bits per heavy atom. The lowest BCUT2D eigenvalue weighted by Gasteiger charge is -2.32. The predicted molar refractivity (Wildman–Crippen MR) is 170 cm³/mol. The molecular formula is C35H46N4O. The van der Waals surface area contributed by atoms with Crippen molar-refractivity contribution in [2.24, 2.45) is 18.0 Å². The van der Waals surface area contributed by atoms with Crippen molar-refractivity contribution in [1.82, 2.24) is 9.47 Å². The maximum absolute atomic E-state index is 13.2. The van der Waals surface area contributed by atoms with Crippen molar-refractivity contribution in [2.45, 2.75) is 59.3 Å².